The molecule has 1 aromatic carbocycles. The summed E-state index contributed by atoms with van der Waals surface area (Å²) < 4.78 is 25.9. The third-order valence-electron chi connectivity index (χ3n) is 2.64. The van der Waals surface area contributed by atoms with Crippen LogP contribution in [-0.4, -0.2) is 17.4 Å². The first-order chi connectivity index (χ1) is 9.54. The third-order valence-corrected chi connectivity index (χ3v) is 2.64. The van der Waals surface area contributed by atoms with Crippen LogP contribution in [-0.2, 0) is 6.42 Å². The molecule has 0 aliphatic heterocycles. The minimum Gasteiger partial charge on any atom is -0.399 e. The van der Waals surface area contributed by atoms with Gasteiger partial charge in [-0.1, -0.05) is 0 Å². The Kier molecular flexibility index (Phi) is 4.24. The number of carbonyl (C=O) groups excluding carboxylic acids is 1. The molecule has 2 aromatic rings. The van der Waals surface area contributed by atoms with Gasteiger partial charge in [0.25, 0.3) is 5.91 Å². The Hall–Kier alpha value is -2.50. The van der Waals surface area contributed by atoms with Crippen LogP contribution in [0.2, 0.25) is 0 Å². The number of aromatic nitrogens is 1. The summed E-state index contributed by atoms with van der Waals surface area (Å²) in [7, 11) is 0. The molecule has 1 heterocycles. The summed E-state index contributed by atoms with van der Waals surface area (Å²) in [6, 6.07) is 6.30. The second-order valence-electron chi connectivity index (χ2n) is 4.26. The predicted molar refractivity (Wildman–Crippen MR) is 71.0 cm³/mol. The minimum absolute atomic E-state index is 0.204. The van der Waals surface area contributed by atoms with E-state index in [2.05, 4.69) is 10.3 Å². The van der Waals surface area contributed by atoms with Crippen LogP contribution in [0.5, 0.6) is 0 Å². The molecule has 3 N–H and O–H groups in total. The maximum absolute atomic E-state index is 13.0. The molecule has 1 amide bonds. The highest BCUT2D eigenvalue weighted by Crippen LogP contribution is 2.08. The Bertz CT molecular complexity index is 611. The lowest BCUT2D eigenvalue weighted by Crippen LogP contribution is -2.26. The monoisotopic (exact) mass is 277 g/mol. The standard InChI is InChI=1S/C14H13F2N3O/c15-10-5-9(6-11(16)7-10)1-3-19-14(20)13-8-12(17)2-4-18-13/h2,4-8H,1,3H2,(H2,17,18)(H,19,20). The summed E-state index contributed by atoms with van der Waals surface area (Å²) in [5.41, 5.74) is 6.67. The first-order valence-electron chi connectivity index (χ1n) is 5.99. The average Bonchev–Trinajstić information content (AvgIpc) is 2.37. The van der Waals surface area contributed by atoms with E-state index in [4.69, 9.17) is 5.73 Å². The van der Waals surface area contributed by atoms with Gasteiger partial charge in [0.15, 0.2) is 0 Å². The zero-order valence-electron chi connectivity index (χ0n) is 10.6. The fraction of sp³-hybridized carbons (Fsp3) is 0.143. The van der Waals surface area contributed by atoms with Crippen LogP contribution in [0, 0.1) is 11.6 Å². The van der Waals surface area contributed by atoms with E-state index >= 15 is 0 Å². The van der Waals surface area contributed by atoms with Gasteiger partial charge in [0, 0.05) is 24.5 Å². The number of nitrogens with two attached hydrogens (primary N) is 1. The van der Waals surface area contributed by atoms with Crippen molar-refractivity contribution in [2.75, 3.05) is 12.3 Å². The average molecular weight is 277 g/mol. The minimum atomic E-state index is -0.635. The number of nitrogens with zero attached hydrogens (tertiary/aromatic N) is 1. The molecular weight excluding hydrogens is 264 g/mol. The summed E-state index contributed by atoms with van der Waals surface area (Å²) >= 11 is 0. The lowest BCUT2D eigenvalue weighted by atomic mass is 10.1. The number of nitrogens with one attached hydrogen (secondary N) is 1. The molecule has 0 aliphatic rings. The maximum Gasteiger partial charge on any atom is 0.269 e. The van der Waals surface area contributed by atoms with E-state index < -0.39 is 11.6 Å². The number of nitrogen functional groups attached to an aromatic ring is 1. The van der Waals surface area contributed by atoms with Crippen molar-refractivity contribution in [3.05, 3.63) is 59.4 Å². The van der Waals surface area contributed by atoms with E-state index in [-0.39, 0.29) is 18.1 Å². The Morgan fingerprint density at radius 1 is 1.20 bits per heavy atom. The zero-order valence-corrected chi connectivity index (χ0v) is 10.6. The number of carbonyl (C=O) groups is 1. The quantitative estimate of drug-likeness (QED) is 0.897. The molecule has 2 rings (SSSR count). The van der Waals surface area contributed by atoms with Gasteiger partial charge < -0.3 is 11.1 Å². The van der Waals surface area contributed by atoms with Crippen LogP contribution in [0.25, 0.3) is 0 Å². The fourth-order valence-electron chi connectivity index (χ4n) is 1.74. The molecule has 6 heteroatoms. The number of amides is 1. The highest BCUT2D eigenvalue weighted by atomic mass is 19.1. The lowest BCUT2D eigenvalue weighted by Gasteiger charge is -2.06. The van der Waals surface area contributed by atoms with Crippen molar-refractivity contribution in [1.29, 1.82) is 0 Å². The summed E-state index contributed by atoms with van der Waals surface area (Å²) in [6.45, 7) is 0.248. The molecule has 0 spiro atoms. The van der Waals surface area contributed by atoms with Crippen molar-refractivity contribution >= 4 is 11.6 Å². The first kappa shape index (κ1) is 13.9. The molecule has 0 saturated heterocycles. The van der Waals surface area contributed by atoms with Gasteiger partial charge in [-0.3, -0.25) is 9.78 Å². The van der Waals surface area contributed by atoms with E-state index in [1.165, 1.54) is 24.4 Å². The van der Waals surface area contributed by atoms with Gasteiger partial charge >= 0.3 is 0 Å². The van der Waals surface area contributed by atoms with Crippen molar-refractivity contribution < 1.29 is 13.6 Å². The SMILES string of the molecule is Nc1ccnc(C(=O)NCCc2cc(F)cc(F)c2)c1. The third kappa shape index (κ3) is 3.74. The van der Waals surface area contributed by atoms with Gasteiger partial charge in [-0.25, -0.2) is 8.78 Å². The van der Waals surface area contributed by atoms with Crippen LogP contribution in [0.4, 0.5) is 14.5 Å². The zero-order chi connectivity index (χ0) is 14.5. The Labute approximate surface area is 114 Å². The number of halogens is 2. The number of pyridine rings is 1. The van der Waals surface area contributed by atoms with Crippen LogP contribution < -0.4 is 11.1 Å². The van der Waals surface area contributed by atoms with Crippen molar-refractivity contribution in [2.45, 2.75) is 6.42 Å². The molecule has 4 nitrogen and oxygen atoms in total. The number of hydrogen-bond donors (Lipinski definition) is 2. The second kappa shape index (κ2) is 6.10. The molecule has 0 atom stereocenters. The second-order valence-corrected chi connectivity index (χ2v) is 4.26. The molecule has 0 unspecified atom stereocenters. The number of rotatable bonds is 4. The van der Waals surface area contributed by atoms with Crippen molar-refractivity contribution in [1.82, 2.24) is 10.3 Å². The largest absolute Gasteiger partial charge is 0.399 e. The van der Waals surface area contributed by atoms with Gasteiger partial charge in [-0.05, 0) is 36.2 Å². The van der Waals surface area contributed by atoms with E-state index in [9.17, 15) is 13.6 Å². The van der Waals surface area contributed by atoms with E-state index in [1.54, 1.807) is 6.07 Å². The molecule has 20 heavy (non-hydrogen) atoms. The Balaban J connectivity index is 1.91. The summed E-state index contributed by atoms with van der Waals surface area (Å²) in [6.07, 6.45) is 1.76. The Morgan fingerprint density at radius 3 is 2.55 bits per heavy atom. The molecule has 0 bridgehead atoms. The van der Waals surface area contributed by atoms with Gasteiger partial charge in [-0.15, -0.1) is 0 Å². The Morgan fingerprint density at radius 2 is 1.90 bits per heavy atom. The topological polar surface area (TPSA) is 68.0 Å². The number of anilines is 1. The molecule has 0 fully saturated rings. The van der Waals surface area contributed by atoms with Gasteiger partial charge in [0.1, 0.15) is 17.3 Å². The molecule has 0 aliphatic carbocycles. The number of hydrogen-bond acceptors (Lipinski definition) is 3. The summed E-state index contributed by atoms with van der Waals surface area (Å²) in [5.74, 6) is -1.65. The summed E-state index contributed by atoms with van der Waals surface area (Å²) in [5, 5.41) is 2.61. The highest BCUT2D eigenvalue weighted by Gasteiger charge is 2.07. The van der Waals surface area contributed by atoms with Crippen LogP contribution in [0.3, 0.4) is 0 Å². The van der Waals surface area contributed by atoms with Gasteiger partial charge in [-0.2, -0.15) is 0 Å². The number of benzene rings is 1. The fourth-order valence-corrected chi connectivity index (χ4v) is 1.74. The predicted octanol–water partition coefficient (Wildman–Crippen LogP) is 1.91. The molecular formula is C14H13F2N3O. The van der Waals surface area contributed by atoms with Gasteiger partial charge in [0.05, 0.1) is 0 Å². The molecule has 104 valence electrons. The summed E-state index contributed by atoms with van der Waals surface area (Å²) in [4.78, 5) is 15.6. The van der Waals surface area contributed by atoms with E-state index in [0.717, 1.165) is 6.07 Å². The maximum atomic E-state index is 13.0. The van der Waals surface area contributed by atoms with Crippen molar-refractivity contribution in [2.24, 2.45) is 0 Å². The van der Waals surface area contributed by atoms with Crippen LogP contribution in [0.1, 0.15) is 16.1 Å². The smallest absolute Gasteiger partial charge is 0.269 e. The molecule has 0 saturated carbocycles. The normalized spacial score (nSPS) is 10.3. The molecule has 0 radical (unpaired) electrons. The van der Waals surface area contributed by atoms with E-state index in [0.29, 0.717) is 17.7 Å². The van der Waals surface area contributed by atoms with E-state index in [1.807, 2.05) is 0 Å². The van der Waals surface area contributed by atoms with Crippen LogP contribution >= 0.6 is 0 Å². The lowest BCUT2D eigenvalue weighted by molar-refractivity contribution is 0.0949. The van der Waals surface area contributed by atoms with Gasteiger partial charge in [0.2, 0.25) is 0 Å². The van der Waals surface area contributed by atoms with Crippen LogP contribution in [0.15, 0.2) is 36.5 Å². The van der Waals surface area contributed by atoms with Crippen molar-refractivity contribution in [3.8, 4) is 0 Å². The van der Waals surface area contributed by atoms with Crippen molar-refractivity contribution in [3.63, 3.8) is 0 Å². The molecule has 1 aromatic heterocycles. The highest BCUT2D eigenvalue weighted by molar-refractivity contribution is 5.92. The first-order valence-corrected chi connectivity index (χ1v) is 5.99.